The third-order valence-electron chi connectivity index (χ3n) is 2.80. The number of pyridine rings is 1. The van der Waals surface area contributed by atoms with Crippen LogP contribution in [0.4, 0.5) is 5.69 Å². The van der Waals surface area contributed by atoms with Crippen LogP contribution < -0.4 is 4.31 Å². The quantitative estimate of drug-likeness (QED) is 0.797. The van der Waals surface area contributed by atoms with Crippen LogP contribution in [0.25, 0.3) is 0 Å². The van der Waals surface area contributed by atoms with Crippen LogP contribution in [0.5, 0.6) is 0 Å². The number of hydrogen-bond acceptors (Lipinski definition) is 3. The van der Waals surface area contributed by atoms with Gasteiger partial charge in [0.15, 0.2) is 0 Å². The van der Waals surface area contributed by atoms with Crippen LogP contribution in [0.2, 0.25) is 5.15 Å². The molecular weight excluding hydrogens is 296 g/mol. The van der Waals surface area contributed by atoms with E-state index in [1.807, 2.05) is 25.1 Å². The molecule has 0 amide bonds. The summed E-state index contributed by atoms with van der Waals surface area (Å²) in [7, 11) is -3.44. The summed E-state index contributed by atoms with van der Waals surface area (Å²) < 4.78 is 26.4. The molecule has 20 heavy (non-hydrogen) atoms. The first kappa shape index (κ1) is 14.8. The van der Waals surface area contributed by atoms with Gasteiger partial charge in [-0.3, -0.25) is 4.31 Å². The predicted molar refractivity (Wildman–Crippen MR) is 81.3 cm³/mol. The number of sulfonamides is 1. The van der Waals surface area contributed by atoms with Crippen LogP contribution in [-0.2, 0) is 15.8 Å². The van der Waals surface area contributed by atoms with Crippen molar-refractivity contribution in [2.75, 3.05) is 10.8 Å². The molecule has 0 saturated heterocycles. The Kier molecular flexibility index (Phi) is 4.62. The minimum Gasteiger partial charge on any atom is -0.270 e. The Morgan fingerprint density at radius 1 is 1.15 bits per heavy atom. The second kappa shape index (κ2) is 6.24. The van der Waals surface area contributed by atoms with Gasteiger partial charge in [-0.1, -0.05) is 35.9 Å². The second-order valence-electron chi connectivity index (χ2n) is 4.25. The lowest BCUT2D eigenvalue weighted by atomic mass is 10.3. The van der Waals surface area contributed by atoms with Gasteiger partial charge in [0.2, 0.25) is 10.0 Å². The molecule has 1 heterocycles. The molecule has 0 spiro atoms. The molecule has 0 aliphatic heterocycles. The summed E-state index contributed by atoms with van der Waals surface area (Å²) in [6, 6.07) is 12.3. The van der Waals surface area contributed by atoms with Crippen LogP contribution in [-0.4, -0.2) is 19.9 Å². The average Bonchev–Trinajstić information content (AvgIpc) is 2.43. The van der Waals surface area contributed by atoms with Crippen LogP contribution in [0.15, 0.2) is 48.7 Å². The Hall–Kier alpha value is -1.59. The first-order valence-electron chi connectivity index (χ1n) is 6.19. The zero-order valence-corrected chi connectivity index (χ0v) is 12.6. The normalized spacial score (nSPS) is 11.3. The van der Waals surface area contributed by atoms with E-state index in [-0.39, 0.29) is 5.75 Å². The van der Waals surface area contributed by atoms with Crippen molar-refractivity contribution in [2.24, 2.45) is 0 Å². The summed E-state index contributed by atoms with van der Waals surface area (Å²) >= 11 is 5.70. The fraction of sp³-hybridized carbons (Fsp3) is 0.214. The lowest BCUT2D eigenvalue weighted by molar-refractivity contribution is 0.591. The zero-order valence-electron chi connectivity index (χ0n) is 11.0. The van der Waals surface area contributed by atoms with Gasteiger partial charge in [0.1, 0.15) is 5.15 Å². The minimum absolute atomic E-state index is 0.0973. The molecule has 0 atom stereocenters. The summed E-state index contributed by atoms with van der Waals surface area (Å²) in [5, 5.41) is 0.349. The highest BCUT2D eigenvalue weighted by Crippen LogP contribution is 2.20. The molecule has 1 aromatic heterocycles. The van der Waals surface area contributed by atoms with Crippen molar-refractivity contribution in [1.29, 1.82) is 0 Å². The Labute approximate surface area is 124 Å². The highest BCUT2D eigenvalue weighted by molar-refractivity contribution is 7.92. The van der Waals surface area contributed by atoms with Gasteiger partial charge in [-0.25, -0.2) is 13.4 Å². The molecule has 1 aromatic carbocycles. The maximum atomic E-state index is 12.5. The summed E-state index contributed by atoms with van der Waals surface area (Å²) in [4.78, 5) is 3.90. The predicted octanol–water partition coefficient (Wildman–Crippen LogP) is 3.09. The van der Waals surface area contributed by atoms with Crippen molar-refractivity contribution in [3.05, 3.63) is 59.4 Å². The number of anilines is 1. The van der Waals surface area contributed by atoms with Crippen LogP contribution in [0.3, 0.4) is 0 Å². The number of halogens is 1. The minimum atomic E-state index is -3.44. The molecule has 0 unspecified atom stereocenters. The standard InChI is InChI=1S/C14H15ClN2O2S/c1-2-17(13-6-4-3-5-7-13)20(18,19)11-12-8-9-14(15)16-10-12/h3-10H,2,11H2,1H3. The number of hydrogen-bond donors (Lipinski definition) is 0. The van der Waals surface area contributed by atoms with Gasteiger partial charge in [0.25, 0.3) is 0 Å². The van der Waals surface area contributed by atoms with Crippen LogP contribution >= 0.6 is 11.6 Å². The van der Waals surface area contributed by atoms with Crippen molar-refractivity contribution in [3.63, 3.8) is 0 Å². The smallest absolute Gasteiger partial charge is 0.239 e. The molecule has 2 rings (SSSR count). The van der Waals surface area contributed by atoms with Gasteiger partial charge in [-0.05, 0) is 30.7 Å². The average molecular weight is 311 g/mol. The molecule has 0 aliphatic carbocycles. The molecule has 0 saturated carbocycles. The maximum Gasteiger partial charge on any atom is 0.239 e. The van der Waals surface area contributed by atoms with E-state index >= 15 is 0 Å². The number of aromatic nitrogens is 1. The van der Waals surface area contributed by atoms with E-state index in [0.717, 1.165) is 0 Å². The highest BCUT2D eigenvalue weighted by atomic mass is 35.5. The van der Waals surface area contributed by atoms with E-state index in [1.54, 1.807) is 24.3 Å². The van der Waals surface area contributed by atoms with Gasteiger partial charge in [-0.15, -0.1) is 0 Å². The van der Waals surface area contributed by atoms with Gasteiger partial charge in [0.05, 0.1) is 11.4 Å². The van der Waals surface area contributed by atoms with E-state index in [9.17, 15) is 8.42 Å². The van der Waals surface area contributed by atoms with E-state index in [4.69, 9.17) is 11.6 Å². The Bertz CT molecular complexity index is 657. The first-order chi connectivity index (χ1) is 9.53. The van der Waals surface area contributed by atoms with Crippen LogP contribution in [0, 0.1) is 0 Å². The van der Waals surface area contributed by atoms with E-state index < -0.39 is 10.0 Å². The van der Waals surface area contributed by atoms with Crippen molar-refractivity contribution in [3.8, 4) is 0 Å². The van der Waals surface area contributed by atoms with Crippen molar-refractivity contribution in [2.45, 2.75) is 12.7 Å². The Morgan fingerprint density at radius 3 is 2.40 bits per heavy atom. The molecular formula is C14H15ClN2O2S. The second-order valence-corrected chi connectivity index (χ2v) is 6.53. The Morgan fingerprint density at radius 2 is 1.85 bits per heavy atom. The molecule has 106 valence electrons. The topological polar surface area (TPSA) is 50.3 Å². The van der Waals surface area contributed by atoms with Crippen molar-refractivity contribution in [1.82, 2.24) is 4.98 Å². The van der Waals surface area contributed by atoms with Gasteiger partial charge >= 0.3 is 0 Å². The number of benzene rings is 1. The number of para-hydroxylation sites is 1. The van der Waals surface area contributed by atoms with Crippen LogP contribution in [0.1, 0.15) is 12.5 Å². The molecule has 0 N–H and O–H groups in total. The molecule has 0 aliphatic rings. The summed E-state index contributed by atoms with van der Waals surface area (Å²) in [5.74, 6) is -0.0973. The van der Waals surface area contributed by atoms with Gasteiger partial charge in [0, 0.05) is 12.7 Å². The fourth-order valence-corrected chi connectivity index (χ4v) is 3.61. The SMILES string of the molecule is CCN(c1ccccc1)S(=O)(=O)Cc1ccc(Cl)nc1. The highest BCUT2D eigenvalue weighted by Gasteiger charge is 2.21. The zero-order chi connectivity index (χ0) is 14.6. The van der Waals surface area contributed by atoms with E-state index in [2.05, 4.69) is 4.98 Å². The molecule has 0 bridgehead atoms. The molecule has 0 radical (unpaired) electrons. The van der Waals surface area contributed by atoms with E-state index in [0.29, 0.717) is 22.9 Å². The molecule has 2 aromatic rings. The Balaban J connectivity index is 2.26. The number of nitrogens with zero attached hydrogens (tertiary/aromatic N) is 2. The summed E-state index contributed by atoms with van der Waals surface area (Å²) in [6.45, 7) is 2.19. The largest absolute Gasteiger partial charge is 0.270 e. The lowest BCUT2D eigenvalue weighted by Gasteiger charge is -2.22. The lowest BCUT2D eigenvalue weighted by Crippen LogP contribution is -2.31. The van der Waals surface area contributed by atoms with E-state index in [1.165, 1.54) is 10.5 Å². The maximum absolute atomic E-state index is 12.5. The summed E-state index contributed by atoms with van der Waals surface area (Å²) in [5.41, 5.74) is 1.28. The molecule has 0 fully saturated rings. The molecule has 4 nitrogen and oxygen atoms in total. The third-order valence-corrected chi connectivity index (χ3v) is 4.87. The third kappa shape index (κ3) is 3.49. The fourth-order valence-electron chi connectivity index (χ4n) is 1.91. The monoisotopic (exact) mass is 310 g/mol. The summed E-state index contributed by atoms with van der Waals surface area (Å²) in [6.07, 6.45) is 1.48. The van der Waals surface area contributed by atoms with Gasteiger partial charge in [-0.2, -0.15) is 0 Å². The first-order valence-corrected chi connectivity index (χ1v) is 8.17. The van der Waals surface area contributed by atoms with Gasteiger partial charge < -0.3 is 0 Å². The van der Waals surface area contributed by atoms with Crippen molar-refractivity contribution >= 4 is 27.3 Å². The van der Waals surface area contributed by atoms with Crippen molar-refractivity contribution < 1.29 is 8.42 Å². The number of rotatable bonds is 5. The molecule has 6 heteroatoms.